The third-order valence-electron chi connectivity index (χ3n) is 3.93. The number of likely N-dealkylation sites (tertiary alicyclic amines) is 1. The molecule has 1 atom stereocenters. The maximum Gasteiger partial charge on any atom is 0.121 e. The molecule has 1 aromatic rings. The maximum atomic E-state index is 5.73. The predicted octanol–water partition coefficient (Wildman–Crippen LogP) is 3.11. The molecule has 2 heterocycles. The largest absolute Gasteiger partial charge is 0.465 e. The minimum atomic E-state index is 0.408. The summed E-state index contributed by atoms with van der Waals surface area (Å²) in [6.45, 7) is 9.97. The molecule has 102 valence electrons. The van der Waals surface area contributed by atoms with E-state index < -0.39 is 0 Å². The van der Waals surface area contributed by atoms with Crippen LogP contribution in [0.5, 0.6) is 0 Å². The third kappa shape index (κ3) is 3.36. The van der Waals surface area contributed by atoms with E-state index in [1.165, 1.54) is 32.4 Å². The Labute approximate surface area is 111 Å². The second-order valence-electron chi connectivity index (χ2n) is 5.39. The fraction of sp³-hybridized carbons (Fsp3) is 0.733. The van der Waals surface area contributed by atoms with Crippen molar-refractivity contribution in [2.75, 3.05) is 19.6 Å². The molecule has 1 aliphatic rings. The fourth-order valence-electron chi connectivity index (χ4n) is 2.70. The standard InChI is InChI=1S/C15H26N2O/c1-4-9-16-14-7-10-17(11-8-14)13(3)15-6-5-12(2)18-15/h5-6,13-14,16H,4,7-11H2,1-3H3. The van der Waals surface area contributed by atoms with Crippen LogP contribution in [-0.4, -0.2) is 30.6 Å². The van der Waals surface area contributed by atoms with E-state index in [2.05, 4.69) is 36.2 Å². The normalized spacial score (nSPS) is 20.2. The zero-order valence-electron chi connectivity index (χ0n) is 11.9. The molecule has 0 aliphatic carbocycles. The van der Waals surface area contributed by atoms with Crippen molar-refractivity contribution in [1.82, 2.24) is 10.2 Å². The van der Waals surface area contributed by atoms with E-state index in [9.17, 15) is 0 Å². The van der Waals surface area contributed by atoms with Crippen LogP contribution in [0, 0.1) is 6.92 Å². The maximum absolute atomic E-state index is 5.73. The molecule has 1 aliphatic heterocycles. The Kier molecular flexibility index (Phi) is 4.84. The molecule has 0 amide bonds. The molecule has 2 rings (SSSR count). The highest BCUT2D eigenvalue weighted by Crippen LogP contribution is 2.25. The van der Waals surface area contributed by atoms with Gasteiger partial charge in [0.15, 0.2) is 0 Å². The van der Waals surface area contributed by atoms with E-state index in [4.69, 9.17) is 4.42 Å². The lowest BCUT2D eigenvalue weighted by atomic mass is 10.0. The predicted molar refractivity (Wildman–Crippen MR) is 74.7 cm³/mol. The second kappa shape index (κ2) is 6.39. The molecule has 3 nitrogen and oxygen atoms in total. The molecule has 0 aromatic carbocycles. The lowest BCUT2D eigenvalue weighted by Gasteiger charge is -2.35. The molecule has 1 fully saturated rings. The van der Waals surface area contributed by atoms with E-state index in [0.717, 1.165) is 18.1 Å². The number of hydrogen-bond acceptors (Lipinski definition) is 3. The summed E-state index contributed by atoms with van der Waals surface area (Å²) in [4.78, 5) is 2.53. The molecule has 0 bridgehead atoms. The molecule has 1 saturated heterocycles. The van der Waals surface area contributed by atoms with Crippen molar-refractivity contribution < 1.29 is 4.42 Å². The van der Waals surface area contributed by atoms with Gasteiger partial charge in [0.25, 0.3) is 0 Å². The quantitative estimate of drug-likeness (QED) is 0.870. The highest BCUT2D eigenvalue weighted by Gasteiger charge is 2.24. The van der Waals surface area contributed by atoms with Gasteiger partial charge in [-0.05, 0) is 51.8 Å². The van der Waals surface area contributed by atoms with E-state index in [1.807, 2.05) is 6.92 Å². The summed E-state index contributed by atoms with van der Waals surface area (Å²) in [5.74, 6) is 2.11. The van der Waals surface area contributed by atoms with Gasteiger partial charge < -0.3 is 9.73 Å². The van der Waals surface area contributed by atoms with Crippen LogP contribution in [0.1, 0.15) is 50.7 Å². The highest BCUT2D eigenvalue weighted by atomic mass is 16.3. The van der Waals surface area contributed by atoms with Gasteiger partial charge in [0.2, 0.25) is 0 Å². The first-order valence-electron chi connectivity index (χ1n) is 7.24. The molecule has 0 spiro atoms. The van der Waals surface area contributed by atoms with Crippen LogP contribution >= 0.6 is 0 Å². The molecule has 3 heteroatoms. The Morgan fingerprint density at radius 3 is 2.67 bits per heavy atom. The van der Waals surface area contributed by atoms with Crippen molar-refractivity contribution in [3.63, 3.8) is 0 Å². The van der Waals surface area contributed by atoms with Gasteiger partial charge in [0, 0.05) is 19.1 Å². The monoisotopic (exact) mass is 250 g/mol. The zero-order chi connectivity index (χ0) is 13.0. The number of nitrogens with one attached hydrogen (secondary N) is 1. The molecule has 1 aromatic heterocycles. The van der Waals surface area contributed by atoms with E-state index >= 15 is 0 Å². The fourth-order valence-corrected chi connectivity index (χ4v) is 2.70. The van der Waals surface area contributed by atoms with Crippen LogP contribution in [-0.2, 0) is 0 Å². The van der Waals surface area contributed by atoms with Crippen LogP contribution in [0.15, 0.2) is 16.5 Å². The van der Waals surface area contributed by atoms with Crippen LogP contribution < -0.4 is 5.32 Å². The van der Waals surface area contributed by atoms with Gasteiger partial charge >= 0.3 is 0 Å². The molecule has 0 saturated carbocycles. The van der Waals surface area contributed by atoms with E-state index in [1.54, 1.807) is 0 Å². The summed E-state index contributed by atoms with van der Waals surface area (Å²) >= 11 is 0. The number of furan rings is 1. The van der Waals surface area contributed by atoms with Crippen molar-refractivity contribution in [2.45, 2.75) is 52.1 Å². The van der Waals surface area contributed by atoms with Gasteiger partial charge in [-0.3, -0.25) is 4.90 Å². The highest BCUT2D eigenvalue weighted by molar-refractivity contribution is 5.09. The van der Waals surface area contributed by atoms with Crippen molar-refractivity contribution in [3.05, 3.63) is 23.7 Å². The number of piperidine rings is 1. The average Bonchev–Trinajstić information content (AvgIpc) is 2.83. The van der Waals surface area contributed by atoms with Gasteiger partial charge in [-0.15, -0.1) is 0 Å². The minimum absolute atomic E-state index is 0.408. The molecule has 18 heavy (non-hydrogen) atoms. The molecular formula is C15H26N2O. The van der Waals surface area contributed by atoms with Crippen LogP contribution in [0.4, 0.5) is 0 Å². The van der Waals surface area contributed by atoms with Gasteiger partial charge in [-0.25, -0.2) is 0 Å². The van der Waals surface area contributed by atoms with Crippen LogP contribution in [0.3, 0.4) is 0 Å². The van der Waals surface area contributed by atoms with Crippen LogP contribution in [0.2, 0.25) is 0 Å². The molecule has 1 unspecified atom stereocenters. The van der Waals surface area contributed by atoms with E-state index in [0.29, 0.717) is 12.1 Å². The number of hydrogen-bond donors (Lipinski definition) is 1. The smallest absolute Gasteiger partial charge is 0.121 e. The first-order valence-corrected chi connectivity index (χ1v) is 7.24. The zero-order valence-corrected chi connectivity index (χ0v) is 11.9. The summed E-state index contributed by atoms with van der Waals surface area (Å²) < 4.78 is 5.73. The van der Waals surface area contributed by atoms with Crippen molar-refractivity contribution >= 4 is 0 Å². The number of aryl methyl sites for hydroxylation is 1. The average molecular weight is 250 g/mol. The lowest BCUT2D eigenvalue weighted by Crippen LogP contribution is -2.43. The summed E-state index contributed by atoms with van der Waals surface area (Å²) in [7, 11) is 0. The summed E-state index contributed by atoms with van der Waals surface area (Å²) in [6.07, 6.45) is 3.73. The number of rotatable bonds is 5. The first-order chi connectivity index (χ1) is 8.70. The molecule has 1 N–H and O–H groups in total. The Morgan fingerprint density at radius 1 is 1.39 bits per heavy atom. The third-order valence-corrected chi connectivity index (χ3v) is 3.93. The topological polar surface area (TPSA) is 28.4 Å². The van der Waals surface area contributed by atoms with Gasteiger partial charge in [-0.1, -0.05) is 6.92 Å². The Morgan fingerprint density at radius 2 is 2.11 bits per heavy atom. The van der Waals surface area contributed by atoms with E-state index in [-0.39, 0.29) is 0 Å². The SMILES string of the molecule is CCCNC1CCN(C(C)c2ccc(C)o2)CC1. The Hall–Kier alpha value is -0.800. The number of nitrogens with zero attached hydrogens (tertiary/aromatic N) is 1. The van der Waals surface area contributed by atoms with Crippen LogP contribution in [0.25, 0.3) is 0 Å². The van der Waals surface area contributed by atoms with Gasteiger partial charge in [-0.2, -0.15) is 0 Å². The summed E-state index contributed by atoms with van der Waals surface area (Å²) in [6, 6.07) is 5.29. The molecular weight excluding hydrogens is 224 g/mol. The Bertz CT molecular complexity index is 353. The lowest BCUT2D eigenvalue weighted by molar-refractivity contribution is 0.137. The summed E-state index contributed by atoms with van der Waals surface area (Å²) in [5, 5.41) is 3.62. The minimum Gasteiger partial charge on any atom is -0.465 e. The van der Waals surface area contributed by atoms with Gasteiger partial charge in [0.05, 0.1) is 6.04 Å². The second-order valence-corrected chi connectivity index (χ2v) is 5.39. The van der Waals surface area contributed by atoms with Crippen molar-refractivity contribution in [1.29, 1.82) is 0 Å². The Balaban J connectivity index is 1.82. The van der Waals surface area contributed by atoms with Crippen molar-refractivity contribution in [2.24, 2.45) is 0 Å². The molecule has 0 radical (unpaired) electrons. The summed E-state index contributed by atoms with van der Waals surface area (Å²) in [5.41, 5.74) is 0. The first kappa shape index (κ1) is 13.6. The van der Waals surface area contributed by atoms with Gasteiger partial charge in [0.1, 0.15) is 11.5 Å². The van der Waals surface area contributed by atoms with Crippen molar-refractivity contribution in [3.8, 4) is 0 Å².